The first-order valence-electron chi connectivity index (χ1n) is 7.31. The lowest BCUT2D eigenvalue weighted by atomic mass is 10.2. The molecule has 0 aliphatic carbocycles. The van der Waals surface area contributed by atoms with Gasteiger partial charge in [-0.15, -0.1) is 0 Å². The first kappa shape index (κ1) is 24.1. The van der Waals surface area contributed by atoms with Crippen molar-refractivity contribution >= 4 is 11.9 Å². The van der Waals surface area contributed by atoms with Crippen LogP contribution in [0.3, 0.4) is 0 Å². The molecule has 6 heteroatoms. The van der Waals surface area contributed by atoms with Crippen LogP contribution in [0.2, 0.25) is 0 Å². The predicted molar refractivity (Wildman–Crippen MR) is 90.7 cm³/mol. The highest BCUT2D eigenvalue weighted by molar-refractivity contribution is 5.81. The third kappa shape index (κ3) is 13.5. The number of allylic oxidation sites excluding steroid dienone is 1. The molecule has 5 nitrogen and oxygen atoms in total. The van der Waals surface area contributed by atoms with Crippen molar-refractivity contribution in [3.8, 4) is 0 Å². The molecule has 0 aliphatic rings. The number of nitrogens with zero attached hydrogens (tertiary/aromatic N) is 1. The van der Waals surface area contributed by atoms with Crippen molar-refractivity contribution in [2.45, 2.75) is 13.5 Å². The average molecular weight is 356 g/mol. The molecule has 0 fully saturated rings. The summed E-state index contributed by atoms with van der Waals surface area (Å²) in [4.78, 5) is 20.4. The van der Waals surface area contributed by atoms with Gasteiger partial charge in [0.05, 0.1) is 14.1 Å². The summed E-state index contributed by atoms with van der Waals surface area (Å²) in [6.45, 7) is 6.95. The van der Waals surface area contributed by atoms with Crippen LogP contribution in [0.5, 0.6) is 0 Å². The van der Waals surface area contributed by atoms with Crippen molar-refractivity contribution in [3.05, 3.63) is 60.7 Å². The van der Waals surface area contributed by atoms with Gasteiger partial charge in [0, 0.05) is 17.7 Å². The fourth-order valence-electron chi connectivity index (χ4n) is 1.73. The number of rotatable bonds is 7. The molecular weight excluding hydrogens is 330 g/mol. The second kappa shape index (κ2) is 13.3. The molecule has 0 bridgehead atoms. The number of carbonyl (C=O) groups is 2. The average Bonchev–Trinajstić information content (AvgIpc) is 2.48. The SMILES string of the molecule is C=CC(=O)O.CC=CC(=O)OCC[N+](C)(C)Cc1ccccc1.[Cl-]. The monoisotopic (exact) mass is 355 g/mol. The minimum atomic E-state index is -0.981. The van der Waals surface area contributed by atoms with Crippen LogP contribution in [-0.4, -0.2) is 48.8 Å². The Morgan fingerprint density at radius 1 is 1.25 bits per heavy atom. The molecule has 0 radical (unpaired) electrons. The lowest BCUT2D eigenvalue weighted by Gasteiger charge is -2.29. The lowest BCUT2D eigenvalue weighted by molar-refractivity contribution is -0.903. The van der Waals surface area contributed by atoms with Crippen molar-refractivity contribution in [2.75, 3.05) is 27.2 Å². The number of likely N-dealkylation sites (N-methyl/N-ethyl adjacent to an activating group) is 1. The molecule has 0 saturated carbocycles. The number of halogens is 1. The van der Waals surface area contributed by atoms with Crippen LogP contribution in [0, 0.1) is 0 Å². The third-order valence-electron chi connectivity index (χ3n) is 2.87. The molecule has 0 spiro atoms. The van der Waals surface area contributed by atoms with Gasteiger partial charge in [-0.3, -0.25) is 0 Å². The molecule has 0 atom stereocenters. The minimum Gasteiger partial charge on any atom is -1.00 e. The Bertz CT molecular complexity index is 527. The van der Waals surface area contributed by atoms with Crippen LogP contribution in [0.1, 0.15) is 12.5 Å². The summed E-state index contributed by atoms with van der Waals surface area (Å²) < 4.78 is 5.91. The van der Waals surface area contributed by atoms with E-state index in [0.717, 1.165) is 23.6 Å². The zero-order valence-electron chi connectivity index (χ0n) is 14.4. The zero-order valence-corrected chi connectivity index (χ0v) is 15.2. The number of carboxylic acid groups (broad SMARTS) is 1. The summed E-state index contributed by atoms with van der Waals surface area (Å²) in [7, 11) is 4.27. The van der Waals surface area contributed by atoms with Crippen molar-refractivity contribution in [1.82, 2.24) is 0 Å². The number of carboxylic acids is 1. The molecule has 1 aromatic rings. The van der Waals surface area contributed by atoms with E-state index < -0.39 is 5.97 Å². The Morgan fingerprint density at radius 3 is 2.25 bits per heavy atom. The number of ether oxygens (including phenoxy) is 1. The summed E-state index contributed by atoms with van der Waals surface area (Å²) in [5, 5.41) is 7.60. The van der Waals surface area contributed by atoms with Gasteiger partial charge in [0.15, 0.2) is 0 Å². The molecule has 0 amide bonds. The highest BCUT2D eigenvalue weighted by Gasteiger charge is 2.16. The van der Waals surface area contributed by atoms with Gasteiger partial charge in [0.2, 0.25) is 0 Å². The fraction of sp³-hybridized carbons (Fsp3) is 0.333. The Balaban J connectivity index is 0. The quantitative estimate of drug-likeness (QED) is 0.412. The van der Waals surface area contributed by atoms with E-state index in [4.69, 9.17) is 9.84 Å². The second-order valence-electron chi connectivity index (χ2n) is 5.51. The topological polar surface area (TPSA) is 63.6 Å². The van der Waals surface area contributed by atoms with Gasteiger partial charge >= 0.3 is 11.9 Å². The number of hydrogen-bond donors (Lipinski definition) is 1. The van der Waals surface area contributed by atoms with E-state index in [0.29, 0.717) is 6.61 Å². The summed E-state index contributed by atoms with van der Waals surface area (Å²) in [5.41, 5.74) is 1.29. The van der Waals surface area contributed by atoms with Gasteiger partial charge in [-0.05, 0) is 6.92 Å². The molecule has 134 valence electrons. The van der Waals surface area contributed by atoms with E-state index >= 15 is 0 Å². The Labute approximate surface area is 150 Å². The lowest BCUT2D eigenvalue weighted by Crippen LogP contribution is -3.00. The number of quaternary nitrogens is 1. The maximum absolute atomic E-state index is 11.2. The summed E-state index contributed by atoms with van der Waals surface area (Å²) in [6.07, 6.45) is 3.96. The molecule has 0 unspecified atom stereocenters. The summed E-state index contributed by atoms with van der Waals surface area (Å²) in [6, 6.07) is 10.3. The van der Waals surface area contributed by atoms with Crippen LogP contribution in [0.4, 0.5) is 0 Å². The number of benzene rings is 1. The number of aliphatic carboxylic acids is 1. The van der Waals surface area contributed by atoms with Crippen LogP contribution in [-0.2, 0) is 20.9 Å². The molecule has 1 aromatic carbocycles. The predicted octanol–water partition coefficient (Wildman–Crippen LogP) is -0.357. The van der Waals surface area contributed by atoms with E-state index in [1.54, 1.807) is 13.0 Å². The van der Waals surface area contributed by atoms with Gasteiger partial charge < -0.3 is 26.7 Å². The molecule has 0 aromatic heterocycles. The van der Waals surface area contributed by atoms with Crippen LogP contribution in [0.25, 0.3) is 0 Å². The van der Waals surface area contributed by atoms with Crippen LogP contribution in [0.15, 0.2) is 55.1 Å². The molecule has 1 rings (SSSR count). The molecular formula is C18H26ClNO4. The first-order valence-corrected chi connectivity index (χ1v) is 7.31. The molecule has 0 aliphatic heterocycles. The van der Waals surface area contributed by atoms with Gasteiger partial charge in [-0.2, -0.15) is 0 Å². The van der Waals surface area contributed by atoms with Crippen LogP contribution < -0.4 is 12.4 Å². The second-order valence-corrected chi connectivity index (χ2v) is 5.51. The van der Waals surface area contributed by atoms with E-state index in [1.807, 2.05) is 18.2 Å². The third-order valence-corrected chi connectivity index (χ3v) is 2.87. The van der Waals surface area contributed by atoms with Gasteiger partial charge in [-0.1, -0.05) is 43.0 Å². The maximum atomic E-state index is 11.2. The van der Waals surface area contributed by atoms with Crippen molar-refractivity contribution < 1.29 is 36.3 Å². The number of esters is 1. The Hall–Kier alpha value is -2.11. The highest BCUT2D eigenvalue weighted by Crippen LogP contribution is 2.08. The van der Waals surface area contributed by atoms with E-state index in [2.05, 4.69) is 32.8 Å². The Kier molecular flexibility index (Phi) is 13.4. The van der Waals surface area contributed by atoms with Crippen LogP contribution >= 0.6 is 0 Å². The molecule has 24 heavy (non-hydrogen) atoms. The summed E-state index contributed by atoms with van der Waals surface area (Å²) in [5.74, 6) is -1.25. The fourth-order valence-corrected chi connectivity index (χ4v) is 1.73. The highest BCUT2D eigenvalue weighted by atomic mass is 35.5. The van der Waals surface area contributed by atoms with Crippen molar-refractivity contribution in [2.24, 2.45) is 0 Å². The van der Waals surface area contributed by atoms with Gasteiger partial charge in [0.25, 0.3) is 0 Å². The minimum absolute atomic E-state index is 0. The summed E-state index contributed by atoms with van der Waals surface area (Å²) >= 11 is 0. The van der Waals surface area contributed by atoms with E-state index in [1.165, 1.54) is 11.6 Å². The largest absolute Gasteiger partial charge is 1.00 e. The number of hydrogen-bond acceptors (Lipinski definition) is 3. The van der Waals surface area contributed by atoms with Crippen molar-refractivity contribution in [3.63, 3.8) is 0 Å². The number of carbonyl (C=O) groups excluding carboxylic acids is 1. The molecule has 0 saturated heterocycles. The van der Waals surface area contributed by atoms with E-state index in [9.17, 15) is 9.59 Å². The molecule has 1 N–H and O–H groups in total. The molecule has 0 heterocycles. The van der Waals surface area contributed by atoms with Crippen molar-refractivity contribution in [1.29, 1.82) is 0 Å². The zero-order chi connectivity index (χ0) is 17.7. The smallest absolute Gasteiger partial charge is 0.330 e. The first-order chi connectivity index (χ1) is 10.8. The Morgan fingerprint density at radius 2 is 1.79 bits per heavy atom. The van der Waals surface area contributed by atoms with Gasteiger partial charge in [0.1, 0.15) is 19.7 Å². The standard InChI is InChI=1S/C15H22NO2.C3H4O2.ClH/c1-4-8-15(17)18-12-11-16(2,3)13-14-9-6-5-7-10-14;1-2-3(4)5;/h4-10H,11-13H2,1-3H3;2H,1H2,(H,4,5);1H/q+1;;/p-1. The maximum Gasteiger partial charge on any atom is 0.330 e. The van der Waals surface area contributed by atoms with E-state index in [-0.39, 0.29) is 18.4 Å². The normalized spacial score (nSPS) is 10.1. The van der Waals surface area contributed by atoms with Gasteiger partial charge in [-0.25, -0.2) is 9.59 Å².